The molecule has 0 aliphatic rings. The molecule has 1 rings (SSSR count). The second-order valence-electron chi connectivity index (χ2n) is 4.52. The van der Waals surface area contributed by atoms with Gasteiger partial charge in [0.25, 0.3) is 0 Å². The number of hydrogen-bond acceptors (Lipinski definition) is 1. The van der Waals surface area contributed by atoms with Gasteiger partial charge in [0, 0.05) is 11.1 Å². The van der Waals surface area contributed by atoms with Crippen molar-refractivity contribution < 1.29 is 0 Å². The lowest BCUT2D eigenvalue weighted by Gasteiger charge is -2.21. The maximum atomic E-state index is 6.16. The summed E-state index contributed by atoms with van der Waals surface area (Å²) in [7, 11) is 0. The van der Waals surface area contributed by atoms with Gasteiger partial charge in [0.05, 0.1) is 0 Å². The number of benzene rings is 1. The summed E-state index contributed by atoms with van der Waals surface area (Å²) in [6, 6.07) is 8.66. The Morgan fingerprint density at radius 2 is 1.94 bits per heavy atom. The van der Waals surface area contributed by atoms with E-state index in [-0.39, 0.29) is 0 Å². The van der Waals surface area contributed by atoms with Gasteiger partial charge in [-0.25, -0.2) is 0 Å². The first-order valence-corrected chi connectivity index (χ1v) is 6.49. The van der Waals surface area contributed by atoms with Crippen molar-refractivity contribution in [3.05, 3.63) is 34.9 Å². The first-order valence-electron chi connectivity index (χ1n) is 6.12. The SMILES string of the molecule is CCCNC(C)C(C)Cc1ccccc1Cl. The number of rotatable bonds is 6. The average Bonchev–Trinajstić information content (AvgIpc) is 2.28. The fourth-order valence-corrected chi connectivity index (χ4v) is 1.97. The zero-order valence-electron chi connectivity index (χ0n) is 10.5. The van der Waals surface area contributed by atoms with Crippen molar-refractivity contribution in [2.75, 3.05) is 6.54 Å². The fraction of sp³-hybridized carbons (Fsp3) is 0.571. The van der Waals surface area contributed by atoms with E-state index in [2.05, 4.69) is 38.2 Å². The minimum Gasteiger partial charge on any atom is -0.314 e. The molecule has 0 bridgehead atoms. The number of halogens is 1. The molecule has 16 heavy (non-hydrogen) atoms. The Morgan fingerprint density at radius 3 is 2.56 bits per heavy atom. The van der Waals surface area contributed by atoms with Crippen LogP contribution in [0, 0.1) is 5.92 Å². The minimum atomic E-state index is 0.538. The Balaban J connectivity index is 2.50. The summed E-state index contributed by atoms with van der Waals surface area (Å²) in [5.74, 6) is 0.603. The highest BCUT2D eigenvalue weighted by Gasteiger charge is 2.13. The number of nitrogens with one attached hydrogen (secondary N) is 1. The molecule has 1 aromatic rings. The second-order valence-corrected chi connectivity index (χ2v) is 4.92. The van der Waals surface area contributed by atoms with Crippen LogP contribution in [0.4, 0.5) is 0 Å². The predicted octanol–water partition coefficient (Wildman–Crippen LogP) is 3.91. The van der Waals surface area contributed by atoms with E-state index in [4.69, 9.17) is 11.6 Å². The summed E-state index contributed by atoms with van der Waals surface area (Å²) >= 11 is 6.16. The standard InChI is InChI=1S/C14H22ClN/c1-4-9-16-12(3)11(2)10-13-7-5-6-8-14(13)15/h5-8,11-12,16H,4,9-10H2,1-3H3. The summed E-state index contributed by atoms with van der Waals surface area (Å²) in [6.07, 6.45) is 2.22. The van der Waals surface area contributed by atoms with E-state index in [1.165, 1.54) is 12.0 Å². The van der Waals surface area contributed by atoms with Crippen LogP contribution in [0.1, 0.15) is 32.8 Å². The van der Waals surface area contributed by atoms with Crippen molar-refractivity contribution in [3.63, 3.8) is 0 Å². The van der Waals surface area contributed by atoms with Crippen molar-refractivity contribution in [2.45, 2.75) is 39.7 Å². The molecule has 0 aliphatic heterocycles. The first kappa shape index (κ1) is 13.5. The highest BCUT2D eigenvalue weighted by Crippen LogP contribution is 2.20. The lowest BCUT2D eigenvalue weighted by atomic mass is 9.95. The van der Waals surface area contributed by atoms with Crippen LogP contribution in [-0.2, 0) is 6.42 Å². The first-order chi connectivity index (χ1) is 7.65. The second kappa shape index (κ2) is 6.93. The molecule has 1 nitrogen and oxygen atoms in total. The van der Waals surface area contributed by atoms with Crippen molar-refractivity contribution in [3.8, 4) is 0 Å². The maximum Gasteiger partial charge on any atom is 0.0438 e. The molecule has 0 aromatic heterocycles. The van der Waals surface area contributed by atoms with E-state index < -0.39 is 0 Å². The molecule has 0 aliphatic carbocycles. The zero-order valence-corrected chi connectivity index (χ0v) is 11.2. The Morgan fingerprint density at radius 1 is 1.25 bits per heavy atom. The van der Waals surface area contributed by atoms with Crippen molar-refractivity contribution >= 4 is 11.6 Å². The number of hydrogen-bond donors (Lipinski definition) is 1. The molecule has 2 unspecified atom stereocenters. The summed E-state index contributed by atoms with van der Waals surface area (Å²) in [4.78, 5) is 0. The fourth-order valence-electron chi connectivity index (χ4n) is 1.76. The zero-order chi connectivity index (χ0) is 12.0. The smallest absolute Gasteiger partial charge is 0.0438 e. The van der Waals surface area contributed by atoms with Gasteiger partial charge in [0.1, 0.15) is 0 Å². The molecule has 2 atom stereocenters. The van der Waals surface area contributed by atoms with E-state index in [9.17, 15) is 0 Å². The third-order valence-corrected chi connectivity index (χ3v) is 3.44. The molecular formula is C14H22ClN. The molecule has 90 valence electrons. The Bertz CT molecular complexity index is 311. The quantitative estimate of drug-likeness (QED) is 0.794. The van der Waals surface area contributed by atoms with Crippen LogP contribution in [0.2, 0.25) is 5.02 Å². The summed E-state index contributed by atoms with van der Waals surface area (Å²) in [5.41, 5.74) is 1.25. The van der Waals surface area contributed by atoms with Gasteiger partial charge in [-0.05, 0) is 43.9 Å². The van der Waals surface area contributed by atoms with Crippen LogP contribution in [0.3, 0.4) is 0 Å². The topological polar surface area (TPSA) is 12.0 Å². The van der Waals surface area contributed by atoms with Gasteiger partial charge in [-0.3, -0.25) is 0 Å². The molecule has 1 N–H and O–H groups in total. The van der Waals surface area contributed by atoms with Gasteiger partial charge in [-0.15, -0.1) is 0 Å². The van der Waals surface area contributed by atoms with E-state index in [0.717, 1.165) is 18.0 Å². The van der Waals surface area contributed by atoms with Crippen LogP contribution >= 0.6 is 11.6 Å². The summed E-state index contributed by atoms with van der Waals surface area (Å²) in [6.45, 7) is 7.81. The monoisotopic (exact) mass is 239 g/mol. The molecule has 0 saturated carbocycles. The van der Waals surface area contributed by atoms with Gasteiger partial charge < -0.3 is 5.32 Å². The molecule has 1 aromatic carbocycles. The van der Waals surface area contributed by atoms with Gasteiger partial charge in [-0.1, -0.05) is 43.6 Å². The largest absolute Gasteiger partial charge is 0.314 e. The van der Waals surface area contributed by atoms with Gasteiger partial charge in [0.15, 0.2) is 0 Å². The highest BCUT2D eigenvalue weighted by atomic mass is 35.5. The molecule has 0 fully saturated rings. The normalized spacial score (nSPS) is 14.8. The van der Waals surface area contributed by atoms with Crippen LogP contribution in [-0.4, -0.2) is 12.6 Å². The van der Waals surface area contributed by atoms with E-state index in [1.807, 2.05) is 12.1 Å². The third-order valence-electron chi connectivity index (χ3n) is 3.07. The lowest BCUT2D eigenvalue weighted by molar-refractivity contribution is 0.399. The van der Waals surface area contributed by atoms with Crippen molar-refractivity contribution in [2.24, 2.45) is 5.92 Å². The maximum absolute atomic E-state index is 6.16. The van der Waals surface area contributed by atoms with Crippen molar-refractivity contribution in [1.82, 2.24) is 5.32 Å². The highest BCUT2D eigenvalue weighted by molar-refractivity contribution is 6.31. The predicted molar refractivity (Wildman–Crippen MR) is 72.1 cm³/mol. The van der Waals surface area contributed by atoms with E-state index in [0.29, 0.717) is 12.0 Å². The Kier molecular flexibility index (Phi) is 5.86. The van der Waals surface area contributed by atoms with Gasteiger partial charge in [0.2, 0.25) is 0 Å². The molecule has 0 saturated heterocycles. The third kappa shape index (κ3) is 4.15. The van der Waals surface area contributed by atoms with Crippen molar-refractivity contribution in [1.29, 1.82) is 0 Å². The Labute approximate surface area is 104 Å². The molecular weight excluding hydrogens is 218 g/mol. The summed E-state index contributed by atoms with van der Waals surface area (Å²) in [5, 5.41) is 4.41. The molecule has 0 spiro atoms. The van der Waals surface area contributed by atoms with Crippen LogP contribution in [0.15, 0.2) is 24.3 Å². The van der Waals surface area contributed by atoms with Gasteiger partial charge >= 0.3 is 0 Å². The van der Waals surface area contributed by atoms with E-state index in [1.54, 1.807) is 0 Å². The Hall–Kier alpha value is -0.530. The van der Waals surface area contributed by atoms with Gasteiger partial charge in [-0.2, -0.15) is 0 Å². The molecule has 0 amide bonds. The van der Waals surface area contributed by atoms with Crippen LogP contribution < -0.4 is 5.32 Å². The summed E-state index contributed by atoms with van der Waals surface area (Å²) < 4.78 is 0. The lowest BCUT2D eigenvalue weighted by Crippen LogP contribution is -2.33. The minimum absolute atomic E-state index is 0.538. The molecule has 0 radical (unpaired) electrons. The van der Waals surface area contributed by atoms with E-state index >= 15 is 0 Å². The average molecular weight is 240 g/mol. The van der Waals surface area contributed by atoms with Crippen LogP contribution in [0.25, 0.3) is 0 Å². The molecule has 0 heterocycles. The van der Waals surface area contributed by atoms with Crippen LogP contribution in [0.5, 0.6) is 0 Å². The molecule has 2 heteroatoms.